The molecule has 0 heterocycles. The van der Waals surface area contributed by atoms with Gasteiger partial charge in [0.1, 0.15) is 0 Å². The molecular weight excluding hydrogens is 783 g/mol. The first-order valence-corrected chi connectivity index (χ1v) is 22.7. The van der Waals surface area contributed by atoms with Crippen molar-refractivity contribution in [3.63, 3.8) is 0 Å². The Kier molecular flexibility index (Phi) is 9.14. The van der Waals surface area contributed by atoms with Crippen LogP contribution in [0.1, 0.15) is 47.2 Å². The van der Waals surface area contributed by atoms with E-state index in [1.807, 2.05) is 0 Å². The molecule has 0 N–H and O–H groups in total. The third-order valence-corrected chi connectivity index (χ3v) is 14.1. The summed E-state index contributed by atoms with van der Waals surface area (Å²) in [6.07, 6.45) is 0. The Morgan fingerprint density at radius 2 is 0.585 bits per heavy atom. The molecule has 10 aromatic rings. The maximum Gasteiger partial charge on any atom is 0.0719 e. The molecule has 0 fully saturated rings. The smallest absolute Gasteiger partial charge is 0.0719 e. The van der Waals surface area contributed by atoms with Gasteiger partial charge < -0.3 is 4.90 Å². The lowest BCUT2D eigenvalue weighted by molar-refractivity contribution is 0.563. The minimum atomic E-state index is -0.414. The molecule has 0 aromatic heterocycles. The van der Waals surface area contributed by atoms with E-state index in [-0.39, 0.29) is 5.41 Å². The number of nitrogens with zero attached hydrogens (tertiary/aromatic N) is 1. The average Bonchev–Trinajstić information content (AvgIpc) is 3.67. The van der Waals surface area contributed by atoms with E-state index < -0.39 is 5.41 Å². The van der Waals surface area contributed by atoms with E-state index in [9.17, 15) is 0 Å². The van der Waals surface area contributed by atoms with Crippen LogP contribution in [-0.2, 0) is 10.8 Å². The number of benzene rings is 10. The molecule has 1 heteroatoms. The van der Waals surface area contributed by atoms with Crippen molar-refractivity contribution < 1.29 is 0 Å². The third-order valence-electron chi connectivity index (χ3n) is 14.1. The Morgan fingerprint density at radius 1 is 0.246 bits per heavy atom. The highest BCUT2D eigenvalue weighted by Crippen LogP contribution is 2.62. The maximum atomic E-state index is 2.50. The number of anilines is 3. The van der Waals surface area contributed by atoms with Crippen LogP contribution in [-0.4, -0.2) is 0 Å². The van der Waals surface area contributed by atoms with Gasteiger partial charge in [-0.25, -0.2) is 0 Å². The summed E-state index contributed by atoms with van der Waals surface area (Å²) in [5.74, 6) is 0. The fourth-order valence-corrected chi connectivity index (χ4v) is 11.1. The quantitative estimate of drug-likeness (QED) is 0.155. The van der Waals surface area contributed by atoms with Gasteiger partial charge in [0.2, 0.25) is 0 Å². The van der Waals surface area contributed by atoms with Gasteiger partial charge in [0.15, 0.2) is 0 Å². The average molecular weight is 830 g/mol. The lowest BCUT2D eigenvalue weighted by Gasteiger charge is -2.46. The molecule has 2 aliphatic carbocycles. The predicted octanol–water partition coefficient (Wildman–Crippen LogP) is 16.8. The Bertz CT molecular complexity index is 3350. The molecule has 1 nitrogen and oxygen atoms in total. The first-order chi connectivity index (χ1) is 32.0. The fourth-order valence-electron chi connectivity index (χ4n) is 11.1. The van der Waals surface area contributed by atoms with Gasteiger partial charge in [0, 0.05) is 22.5 Å². The van der Waals surface area contributed by atoms with Crippen molar-refractivity contribution in [2.45, 2.75) is 24.7 Å². The standard InChI is InChI=1S/C64H47N/c1-63(2)59-32-13-14-33-60(59)64(57-30-11-9-28-55(57)56-29-10-12-31-58(56)64)61-39-38-51(43-62(61)63)50-24-17-27-54(42-50)65(52-25-15-22-48(40-52)45-20-7-4-8-21-45)53-26-16-23-49(41-53)47-36-34-46(35-37-47)44-18-5-3-6-19-44/h3-43H,1-2H3. The molecule has 2 aliphatic rings. The van der Waals surface area contributed by atoms with Crippen LogP contribution < -0.4 is 4.90 Å². The van der Waals surface area contributed by atoms with Gasteiger partial charge in [-0.15, -0.1) is 0 Å². The monoisotopic (exact) mass is 829 g/mol. The molecule has 0 amide bonds. The minimum Gasteiger partial charge on any atom is -0.310 e. The summed E-state index contributed by atoms with van der Waals surface area (Å²) in [5.41, 5.74) is 23.1. The first-order valence-electron chi connectivity index (χ1n) is 22.7. The second kappa shape index (κ2) is 15.4. The summed E-state index contributed by atoms with van der Waals surface area (Å²) in [6.45, 7) is 4.82. The zero-order valence-corrected chi connectivity index (χ0v) is 36.6. The van der Waals surface area contributed by atoms with Crippen LogP contribution in [0.15, 0.2) is 249 Å². The Hall–Kier alpha value is -8.00. The lowest BCUT2D eigenvalue weighted by atomic mass is 9.55. The molecule has 0 saturated heterocycles. The summed E-state index contributed by atoms with van der Waals surface area (Å²) >= 11 is 0. The van der Waals surface area contributed by atoms with Crippen molar-refractivity contribution in [3.05, 3.63) is 282 Å². The molecule has 0 radical (unpaired) electrons. The van der Waals surface area contributed by atoms with Crippen molar-refractivity contribution in [3.8, 4) is 55.6 Å². The number of hydrogen-bond acceptors (Lipinski definition) is 1. The predicted molar refractivity (Wildman–Crippen MR) is 272 cm³/mol. The van der Waals surface area contributed by atoms with Crippen LogP contribution in [0.4, 0.5) is 17.1 Å². The van der Waals surface area contributed by atoms with Gasteiger partial charge in [-0.1, -0.05) is 220 Å². The second-order valence-electron chi connectivity index (χ2n) is 18.1. The zero-order valence-electron chi connectivity index (χ0n) is 36.6. The number of hydrogen-bond donors (Lipinski definition) is 0. The van der Waals surface area contributed by atoms with Crippen LogP contribution in [0.5, 0.6) is 0 Å². The largest absolute Gasteiger partial charge is 0.310 e. The molecule has 0 saturated carbocycles. The van der Waals surface area contributed by atoms with Crippen LogP contribution in [0.25, 0.3) is 55.6 Å². The van der Waals surface area contributed by atoms with Crippen molar-refractivity contribution in [1.82, 2.24) is 0 Å². The minimum absolute atomic E-state index is 0.235. The van der Waals surface area contributed by atoms with Gasteiger partial charge in [-0.05, 0) is 131 Å². The van der Waals surface area contributed by atoms with E-state index in [2.05, 4.69) is 267 Å². The van der Waals surface area contributed by atoms with Crippen LogP contribution >= 0.6 is 0 Å². The van der Waals surface area contributed by atoms with Crippen molar-refractivity contribution >= 4 is 17.1 Å². The van der Waals surface area contributed by atoms with Crippen LogP contribution in [0, 0.1) is 0 Å². The SMILES string of the molecule is CC1(C)c2ccccc2C2(c3ccccc3-c3ccccc32)c2ccc(-c3cccc(N(c4cccc(-c5ccccc5)c4)c4cccc(-c5ccc(-c6ccccc6)cc5)c4)c3)cc21. The number of rotatable bonds is 7. The maximum absolute atomic E-state index is 2.50. The van der Waals surface area contributed by atoms with Crippen molar-refractivity contribution in [2.24, 2.45) is 0 Å². The lowest BCUT2D eigenvalue weighted by Crippen LogP contribution is -2.40. The van der Waals surface area contributed by atoms with Gasteiger partial charge in [-0.2, -0.15) is 0 Å². The van der Waals surface area contributed by atoms with Gasteiger partial charge in [0.05, 0.1) is 5.41 Å². The van der Waals surface area contributed by atoms with E-state index in [0.29, 0.717) is 0 Å². The first kappa shape index (κ1) is 38.7. The van der Waals surface area contributed by atoms with E-state index in [1.165, 1.54) is 89.0 Å². The summed E-state index contributed by atoms with van der Waals surface area (Å²) in [5, 5.41) is 0. The Balaban J connectivity index is 1.00. The van der Waals surface area contributed by atoms with Gasteiger partial charge in [0.25, 0.3) is 0 Å². The van der Waals surface area contributed by atoms with Crippen LogP contribution in [0.3, 0.4) is 0 Å². The molecule has 0 aliphatic heterocycles. The molecular formula is C64H47N. The van der Waals surface area contributed by atoms with E-state index in [0.717, 1.165) is 17.1 Å². The van der Waals surface area contributed by atoms with Gasteiger partial charge >= 0.3 is 0 Å². The molecule has 0 bridgehead atoms. The van der Waals surface area contributed by atoms with Crippen LogP contribution in [0.2, 0.25) is 0 Å². The highest BCUT2D eigenvalue weighted by Gasteiger charge is 2.53. The zero-order chi connectivity index (χ0) is 43.5. The summed E-state index contributed by atoms with van der Waals surface area (Å²) in [6, 6.07) is 91.9. The van der Waals surface area contributed by atoms with Crippen molar-refractivity contribution in [1.29, 1.82) is 0 Å². The highest BCUT2D eigenvalue weighted by molar-refractivity contribution is 5.90. The Labute approximate surface area is 382 Å². The molecule has 0 unspecified atom stereocenters. The highest BCUT2D eigenvalue weighted by atomic mass is 15.1. The van der Waals surface area contributed by atoms with E-state index >= 15 is 0 Å². The third kappa shape index (κ3) is 6.22. The molecule has 12 rings (SSSR count). The molecule has 10 aromatic carbocycles. The van der Waals surface area contributed by atoms with Gasteiger partial charge in [-0.3, -0.25) is 0 Å². The summed E-state index contributed by atoms with van der Waals surface area (Å²) in [7, 11) is 0. The Morgan fingerprint density at radius 3 is 1.11 bits per heavy atom. The topological polar surface area (TPSA) is 3.24 Å². The number of fused-ring (bicyclic) bond motifs is 9. The molecule has 0 atom stereocenters. The molecule has 308 valence electrons. The van der Waals surface area contributed by atoms with Crippen molar-refractivity contribution in [2.75, 3.05) is 4.90 Å². The molecule has 1 spiro atoms. The molecule has 65 heavy (non-hydrogen) atoms. The van der Waals surface area contributed by atoms with E-state index in [4.69, 9.17) is 0 Å². The fraction of sp³-hybridized carbons (Fsp3) is 0.0625. The second-order valence-corrected chi connectivity index (χ2v) is 18.1. The van der Waals surface area contributed by atoms with E-state index in [1.54, 1.807) is 0 Å². The normalized spacial score (nSPS) is 13.6. The summed E-state index contributed by atoms with van der Waals surface area (Å²) < 4.78 is 0. The summed E-state index contributed by atoms with van der Waals surface area (Å²) in [4.78, 5) is 2.41.